The quantitative estimate of drug-likeness (QED) is 0.670. The number of hydrogen-bond acceptors (Lipinski definition) is 3. The van der Waals surface area contributed by atoms with Crippen molar-refractivity contribution >= 4 is 11.8 Å². The smallest absolute Gasteiger partial charge is 0.243 e. The van der Waals surface area contributed by atoms with Crippen LogP contribution in [0.5, 0.6) is 0 Å². The highest BCUT2D eigenvalue weighted by atomic mass is 16.3. The summed E-state index contributed by atoms with van der Waals surface area (Å²) in [5.74, 6) is -1.11. The van der Waals surface area contributed by atoms with Gasteiger partial charge in [0.05, 0.1) is 12.5 Å². The number of aliphatic hydroxyl groups excluding tert-OH is 1. The van der Waals surface area contributed by atoms with Gasteiger partial charge in [-0.1, -0.05) is 74.5 Å². The summed E-state index contributed by atoms with van der Waals surface area (Å²) in [6.07, 6.45) is 0. The van der Waals surface area contributed by atoms with E-state index in [4.69, 9.17) is 5.11 Å². The first-order valence-corrected chi connectivity index (χ1v) is 9.25. The van der Waals surface area contributed by atoms with Crippen molar-refractivity contribution in [2.24, 2.45) is 5.92 Å². The summed E-state index contributed by atoms with van der Waals surface area (Å²) in [5.41, 5.74) is 1.74. The average Bonchev–Trinajstić information content (AvgIpc) is 2.67. The van der Waals surface area contributed by atoms with E-state index in [1.807, 2.05) is 74.5 Å². The number of carbonyl (C=O) groups excluding carboxylic acids is 2. The molecular weight excluding hydrogens is 340 g/mol. The molecule has 0 aliphatic rings. The maximum Gasteiger partial charge on any atom is 0.243 e. The lowest BCUT2D eigenvalue weighted by molar-refractivity contribution is -0.130. The van der Waals surface area contributed by atoms with Gasteiger partial charge in [0.1, 0.15) is 6.04 Å². The van der Waals surface area contributed by atoms with Gasteiger partial charge in [0, 0.05) is 6.04 Å². The molecule has 2 aromatic rings. The van der Waals surface area contributed by atoms with Gasteiger partial charge in [0.25, 0.3) is 0 Å². The molecule has 0 bridgehead atoms. The average molecular weight is 368 g/mol. The summed E-state index contributed by atoms with van der Waals surface area (Å²) in [6.45, 7) is 5.33. The van der Waals surface area contributed by atoms with Gasteiger partial charge in [0.2, 0.25) is 11.8 Å². The molecule has 0 radical (unpaired) electrons. The molecule has 0 aliphatic heterocycles. The van der Waals surface area contributed by atoms with Crippen LogP contribution in [-0.4, -0.2) is 35.6 Å². The van der Waals surface area contributed by atoms with E-state index in [9.17, 15) is 9.59 Å². The molecule has 0 fully saturated rings. The van der Waals surface area contributed by atoms with Gasteiger partial charge >= 0.3 is 0 Å². The summed E-state index contributed by atoms with van der Waals surface area (Å²) in [5, 5.41) is 14.8. The van der Waals surface area contributed by atoms with Crippen LogP contribution in [0.3, 0.4) is 0 Å². The number of amides is 2. The molecule has 0 aromatic heterocycles. The van der Waals surface area contributed by atoms with Crippen LogP contribution < -0.4 is 10.6 Å². The van der Waals surface area contributed by atoms with Gasteiger partial charge in [-0.15, -0.1) is 0 Å². The second kappa shape index (κ2) is 9.88. The van der Waals surface area contributed by atoms with Gasteiger partial charge in [-0.2, -0.15) is 0 Å². The van der Waals surface area contributed by atoms with E-state index in [-0.39, 0.29) is 30.4 Å². The predicted molar refractivity (Wildman–Crippen MR) is 106 cm³/mol. The van der Waals surface area contributed by atoms with E-state index in [2.05, 4.69) is 10.6 Å². The van der Waals surface area contributed by atoms with Crippen LogP contribution in [0.2, 0.25) is 0 Å². The minimum absolute atomic E-state index is 0.0907. The van der Waals surface area contributed by atoms with E-state index in [1.165, 1.54) is 0 Å². The van der Waals surface area contributed by atoms with Crippen LogP contribution in [0, 0.1) is 5.92 Å². The molecular formula is C22H28N2O3. The van der Waals surface area contributed by atoms with Gasteiger partial charge in [-0.05, 0) is 24.0 Å². The molecule has 2 atom stereocenters. The zero-order chi connectivity index (χ0) is 19.8. The molecule has 5 nitrogen and oxygen atoms in total. The highest BCUT2D eigenvalue weighted by molar-refractivity contribution is 5.92. The van der Waals surface area contributed by atoms with Crippen LogP contribution in [-0.2, 0) is 9.59 Å². The normalized spacial score (nSPS) is 13.3. The van der Waals surface area contributed by atoms with Crippen LogP contribution in [0.1, 0.15) is 37.8 Å². The zero-order valence-electron chi connectivity index (χ0n) is 16.1. The topological polar surface area (TPSA) is 78.4 Å². The van der Waals surface area contributed by atoms with Crippen LogP contribution in [0.4, 0.5) is 0 Å². The molecule has 0 saturated carbocycles. The monoisotopic (exact) mass is 368 g/mol. The van der Waals surface area contributed by atoms with Crippen LogP contribution in [0.25, 0.3) is 0 Å². The van der Waals surface area contributed by atoms with Crippen molar-refractivity contribution in [2.75, 3.05) is 6.61 Å². The van der Waals surface area contributed by atoms with Gasteiger partial charge in [-0.25, -0.2) is 0 Å². The summed E-state index contributed by atoms with van der Waals surface area (Å²) >= 11 is 0. The highest BCUT2D eigenvalue weighted by Crippen LogP contribution is 2.25. The fourth-order valence-corrected chi connectivity index (χ4v) is 2.94. The third-order valence-corrected chi connectivity index (χ3v) is 4.44. The molecule has 0 heterocycles. The molecule has 2 aromatic carbocycles. The molecule has 2 rings (SSSR count). The lowest BCUT2D eigenvalue weighted by Crippen LogP contribution is -2.53. The fourth-order valence-electron chi connectivity index (χ4n) is 2.94. The second-order valence-corrected chi connectivity index (χ2v) is 7.08. The lowest BCUT2D eigenvalue weighted by atomic mass is 9.89. The number of nitrogens with one attached hydrogen (secondary N) is 2. The summed E-state index contributed by atoms with van der Waals surface area (Å²) in [4.78, 5) is 25.7. The molecule has 3 N–H and O–H groups in total. The SMILES string of the molecule is CC(C)[C@@H](NC(=O)C(c1ccccc1)c1ccccc1)C(=O)N[C@@H](C)CO. The molecule has 0 aliphatic carbocycles. The van der Waals surface area contributed by atoms with E-state index in [0.29, 0.717) is 0 Å². The molecule has 0 spiro atoms. The molecule has 2 amide bonds. The standard InChI is InChI=1S/C22H28N2O3/c1-15(2)20(22(27)23-16(3)14-25)24-21(26)19(17-10-6-4-7-11-17)18-12-8-5-9-13-18/h4-13,15-16,19-20,25H,14H2,1-3H3,(H,23,27)(H,24,26)/t16-,20+/m0/s1. The predicted octanol–water partition coefficient (Wildman–Crippen LogP) is 2.46. The number of benzene rings is 2. The Hall–Kier alpha value is -2.66. The largest absolute Gasteiger partial charge is 0.394 e. The lowest BCUT2D eigenvalue weighted by Gasteiger charge is -2.26. The Balaban J connectivity index is 2.27. The van der Waals surface area contributed by atoms with Crippen molar-refractivity contribution in [1.29, 1.82) is 0 Å². The van der Waals surface area contributed by atoms with E-state index < -0.39 is 12.0 Å². The first-order chi connectivity index (χ1) is 12.9. The first kappa shape index (κ1) is 20.6. The maximum absolute atomic E-state index is 13.2. The summed E-state index contributed by atoms with van der Waals surface area (Å²) in [7, 11) is 0. The van der Waals surface area contributed by atoms with Crippen molar-refractivity contribution in [3.05, 3.63) is 71.8 Å². The second-order valence-electron chi connectivity index (χ2n) is 7.08. The molecule has 27 heavy (non-hydrogen) atoms. The van der Waals surface area contributed by atoms with Crippen molar-refractivity contribution in [1.82, 2.24) is 10.6 Å². The van der Waals surface area contributed by atoms with Crippen molar-refractivity contribution in [3.63, 3.8) is 0 Å². The number of carbonyl (C=O) groups is 2. The Kier molecular flexibility index (Phi) is 7.55. The summed E-state index contributed by atoms with van der Waals surface area (Å²) in [6, 6.07) is 18.0. The Morgan fingerprint density at radius 1 is 0.815 bits per heavy atom. The van der Waals surface area contributed by atoms with E-state index >= 15 is 0 Å². The fraction of sp³-hybridized carbons (Fsp3) is 0.364. The number of hydrogen-bond donors (Lipinski definition) is 3. The number of rotatable bonds is 8. The maximum atomic E-state index is 13.2. The third-order valence-electron chi connectivity index (χ3n) is 4.44. The van der Waals surface area contributed by atoms with Gasteiger partial charge in [0.15, 0.2) is 0 Å². The van der Waals surface area contributed by atoms with Gasteiger partial charge < -0.3 is 15.7 Å². The zero-order valence-corrected chi connectivity index (χ0v) is 16.1. The third kappa shape index (κ3) is 5.66. The molecule has 144 valence electrons. The summed E-state index contributed by atoms with van der Waals surface area (Å²) < 4.78 is 0. The van der Waals surface area contributed by atoms with Crippen molar-refractivity contribution in [3.8, 4) is 0 Å². The molecule has 0 unspecified atom stereocenters. The Morgan fingerprint density at radius 3 is 1.70 bits per heavy atom. The van der Waals surface area contributed by atoms with Crippen molar-refractivity contribution in [2.45, 2.75) is 38.8 Å². The number of aliphatic hydroxyl groups is 1. The highest BCUT2D eigenvalue weighted by Gasteiger charge is 2.30. The minimum Gasteiger partial charge on any atom is -0.394 e. The Bertz CT molecular complexity index is 692. The van der Waals surface area contributed by atoms with E-state index in [0.717, 1.165) is 11.1 Å². The Labute approximate surface area is 160 Å². The van der Waals surface area contributed by atoms with Crippen LogP contribution >= 0.6 is 0 Å². The van der Waals surface area contributed by atoms with Crippen LogP contribution in [0.15, 0.2) is 60.7 Å². The van der Waals surface area contributed by atoms with E-state index in [1.54, 1.807) is 6.92 Å². The molecule has 0 saturated heterocycles. The van der Waals surface area contributed by atoms with Crippen molar-refractivity contribution < 1.29 is 14.7 Å². The first-order valence-electron chi connectivity index (χ1n) is 9.25. The van der Waals surface area contributed by atoms with Gasteiger partial charge in [-0.3, -0.25) is 9.59 Å². The Morgan fingerprint density at radius 2 is 1.30 bits per heavy atom. The minimum atomic E-state index is -0.679. The molecule has 5 heteroatoms.